The highest BCUT2D eigenvalue weighted by Gasteiger charge is 2.15. The van der Waals surface area contributed by atoms with Gasteiger partial charge >= 0.3 is 0 Å². The number of anilines is 1. The third kappa shape index (κ3) is 3.77. The Morgan fingerprint density at radius 3 is 2.57 bits per heavy atom. The minimum absolute atomic E-state index is 0.743. The summed E-state index contributed by atoms with van der Waals surface area (Å²) in [6.07, 6.45) is 3.18. The van der Waals surface area contributed by atoms with Crippen LogP contribution in [-0.2, 0) is 6.42 Å². The lowest BCUT2D eigenvalue weighted by Gasteiger charge is -2.24. The molecule has 0 saturated carbocycles. The maximum absolute atomic E-state index is 6.24. The summed E-state index contributed by atoms with van der Waals surface area (Å²) in [4.78, 5) is 11.8. The Kier molecular flexibility index (Phi) is 6.05. The first-order chi connectivity index (χ1) is 10.1. The molecule has 0 saturated heterocycles. The van der Waals surface area contributed by atoms with E-state index in [9.17, 15) is 0 Å². The first kappa shape index (κ1) is 16.7. The Morgan fingerprint density at radius 1 is 1.19 bits per heavy atom. The molecular formula is C16H21ClIN3. The molecule has 2 rings (SSSR count). The summed E-state index contributed by atoms with van der Waals surface area (Å²) in [5.41, 5.74) is 1.01. The zero-order valence-electron chi connectivity index (χ0n) is 12.8. The summed E-state index contributed by atoms with van der Waals surface area (Å²) in [7, 11) is 0. The number of hydrogen-bond acceptors (Lipinski definition) is 3. The molecule has 1 aromatic heterocycles. The van der Waals surface area contributed by atoms with E-state index in [4.69, 9.17) is 16.6 Å². The molecule has 3 nitrogen and oxygen atoms in total. The van der Waals surface area contributed by atoms with E-state index in [0.29, 0.717) is 0 Å². The second kappa shape index (κ2) is 7.58. The molecule has 5 heteroatoms. The van der Waals surface area contributed by atoms with Crippen LogP contribution in [0.15, 0.2) is 12.1 Å². The van der Waals surface area contributed by atoms with Gasteiger partial charge in [-0.15, -0.1) is 0 Å². The van der Waals surface area contributed by atoms with Gasteiger partial charge < -0.3 is 4.90 Å². The van der Waals surface area contributed by atoms with Gasteiger partial charge in [0.1, 0.15) is 11.6 Å². The zero-order chi connectivity index (χ0) is 15.4. The van der Waals surface area contributed by atoms with Crippen molar-refractivity contribution in [3.8, 4) is 0 Å². The summed E-state index contributed by atoms with van der Waals surface area (Å²) in [5.74, 6) is 1.92. The van der Waals surface area contributed by atoms with Crippen LogP contribution in [0.5, 0.6) is 0 Å². The first-order valence-corrected chi connectivity index (χ1v) is 8.96. The Labute approximate surface area is 145 Å². The molecule has 21 heavy (non-hydrogen) atoms. The van der Waals surface area contributed by atoms with E-state index in [0.717, 1.165) is 50.6 Å². The molecule has 1 aromatic carbocycles. The van der Waals surface area contributed by atoms with Crippen LogP contribution in [-0.4, -0.2) is 23.1 Å². The second-order valence-corrected chi connectivity index (χ2v) is 6.63. The highest BCUT2D eigenvalue weighted by Crippen LogP contribution is 2.30. The van der Waals surface area contributed by atoms with Gasteiger partial charge in [0, 0.05) is 33.5 Å². The largest absolute Gasteiger partial charge is 0.356 e. The summed E-state index contributed by atoms with van der Waals surface area (Å²) in [6.45, 7) is 8.44. The fourth-order valence-electron chi connectivity index (χ4n) is 2.35. The molecule has 2 aromatic rings. The van der Waals surface area contributed by atoms with Crippen LogP contribution in [0.3, 0.4) is 0 Å². The molecule has 0 atom stereocenters. The van der Waals surface area contributed by atoms with Crippen LogP contribution >= 0.6 is 34.2 Å². The van der Waals surface area contributed by atoms with Gasteiger partial charge in [-0.3, -0.25) is 0 Å². The summed E-state index contributed by atoms with van der Waals surface area (Å²) < 4.78 is 1.08. The number of unbranched alkanes of at least 4 members (excludes halogenated alkanes) is 1. The molecule has 0 bridgehead atoms. The van der Waals surface area contributed by atoms with Gasteiger partial charge in [-0.2, -0.15) is 0 Å². The first-order valence-electron chi connectivity index (χ1n) is 7.51. The Morgan fingerprint density at radius 2 is 1.95 bits per heavy atom. The number of aromatic nitrogens is 2. The van der Waals surface area contributed by atoms with Crippen molar-refractivity contribution >= 4 is 50.9 Å². The number of aryl methyl sites for hydroxylation is 1. The Bertz CT molecular complexity index is 630. The number of nitrogens with zero attached hydrogens (tertiary/aromatic N) is 3. The number of halogens is 2. The van der Waals surface area contributed by atoms with Crippen molar-refractivity contribution in [3.05, 3.63) is 26.5 Å². The van der Waals surface area contributed by atoms with Crippen LogP contribution in [0.4, 0.5) is 5.82 Å². The van der Waals surface area contributed by atoms with Gasteiger partial charge in [0.25, 0.3) is 0 Å². The van der Waals surface area contributed by atoms with Gasteiger partial charge in [-0.05, 0) is 48.1 Å². The summed E-state index contributed by atoms with van der Waals surface area (Å²) in [5, 5.41) is 1.80. The smallest absolute Gasteiger partial charge is 0.140 e. The number of hydrogen-bond donors (Lipinski definition) is 0. The van der Waals surface area contributed by atoms with Crippen molar-refractivity contribution < 1.29 is 0 Å². The predicted octanol–water partition coefficient (Wildman–Crippen LogP) is 5.08. The molecule has 0 radical (unpaired) electrons. The standard InChI is InChI=1S/C16H21ClIN3/c1-4-7-8-21(6-3)16-12-9-11(17)10-13(18)15(12)19-14(5-2)20-16/h9-10H,4-8H2,1-3H3. The molecule has 0 spiro atoms. The molecule has 0 aliphatic heterocycles. The van der Waals surface area contributed by atoms with Gasteiger partial charge in [-0.1, -0.05) is 31.9 Å². The zero-order valence-corrected chi connectivity index (χ0v) is 15.7. The van der Waals surface area contributed by atoms with E-state index < -0.39 is 0 Å². The highest BCUT2D eigenvalue weighted by atomic mass is 127. The average molecular weight is 418 g/mol. The molecule has 1 heterocycles. The molecular weight excluding hydrogens is 397 g/mol. The lowest BCUT2D eigenvalue weighted by Crippen LogP contribution is -2.25. The van der Waals surface area contributed by atoms with Crippen LogP contribution in [0.1, 0.15) is 39.4 Å². The molecule has 0 unspecified atom stereocenters. The third-order valence-corrected chi connectivity index (χ3v) is 4.56. The maximum atomic E-state index is 6.24. The molecule has 0 aliphatic carbocycles. The van der Waals surface area contributed by atoms with Crippen molar-refractivity contribution in [3.63, 3.8) is 0 Å². The summed E-state index contributed by atoms with van der Waals surface area (Å²) >= 11 is 8.55. The fraction of sp³-hybridized carbons (Fsp3) is 0.500. The number of rotatable bonds is 6. The van der Waals surface area contributed by atoms with Crippen LogP contribution in [0, 0.1) is 3.57 Å². The monoisotopic (exact) mass is 417 g/mol. The van der Waals surface area contributed by atoms with Gasteiger partial charge in [0.15, 0.2) is 0 Å². The molecule has 0 aliphatic rings. The Balaban J connectivity index is 2.63. The Hall–Kier alpha value is -0.620. The topological polar surface area (TPSA) is 29.0 Å². The number of benzene rings is 1. The molecule has 114 valence electrons. The van der Waals surface area contributed by atoms with E-state index in [1.165, 1.54) is 12.8 Å². The van der Waals surface area contributed by atoms with Crippen molar-refractivity contribution in [1.29, 1.82) is 0 Å². The quantitative estimate of drug-likeness (QED) is 0.614. The van der Waals surface area contributed by atoms with Gasteiger partial charge in [-0.25, -0.2) is 9.97 Å². The molecule has 0 N–H and O–H groups in total. The van der Waals surface area contributed by atoms with Crippen molar-refractivity contribution in [2.45, 2.75) is 40.0 Å². The lowest BCUT2D eigenvalue weighted by atomic mass is 10.2. The maximum Gasteiger partial charge on any atom is 0.140 e. The van der Waals surface area contributed by atoms with E-state index in [1.54, 1.807) is 0 Å². The fourth-order valence-corrected chi connectivity index (χ4v) is 3.50. The minimum Gasteiger partial charge on any atom is -0.356 e. The van der Waals surface area contributed by atoms with Crippen molar-refractivity contribution in [1.82, 2.24) is 9.97 Å². The van der Waals surface area contributed by atoms with E-state index in [1.807, 2.05) is 12.1 Å². The second-order valence-electron chi connectivity index (χ2n) is 5.03. The van der Waals surface area contributed by atoms with Crippen LogP contribution in [0.2, 0.25) is 5.02 Å². The van der Waals surface area contributed by atoms with Gasteiger partial charge in [0.05, 0.1) is 5.52 Å². The van der Waals surface area contributed by atoms with Crippen LogP contribution < -0.4 is 4.90 Å². The average Bonchev–Trinajstić information content (AvgIpc) is 2.48. The lowest BCUT2D eigenvalue weighted by molar-refractivity contribution is 0.722. The normalized spacial score (nSPS) is 11.1. The SMILES string of the molecule is CCCCN(CC)c1nc(CC)nc2c(I)cc(Cl)cc12. The third-order valence-electron chi connectivity index (χ3n) is 3.52. The van der Waals surface area contributed by atoms with Crippen molar-refractivity contribution in [2.24, 2.45) is 0 Å². The minimum atomic E-state index is 0.743. The predicted molar refractivity (Wildman–Crippen MR) is 99.4 cm³/mol. The van der Waals surface area contributed by atoms with E-state index in [-0.39, 0.29) is 0 Å². The van der Waals surface area contributed by atoms with Crippen LogP contribution in [0.25, 0.3) is 10.9 Å². The number of fused-ring (bicyclic) bond motifs is 1. The highest BCUT2D eigenvalue weighted by molar-refractivity contribution is 14.1. The molecule has 0 amide bonds. The molecule has 0 fully saturated rings. The van der Waals surface area contributed by atoms with E-state index >= 15 is 0 Å². The van der Waals surface area contributed by atoms with E-state index in [2.05, 4.69) is 53.2 Å². The van der Waals surface area contributed by atoms with Crippen molar-refractivity contribution in [2.75, 3.05) is 18.0 Å². The summed E-state index contributed by atoms with van der Waals surface area (Å²) in [6, 6.07) is 3.95. The van der Waals surface area contributed by atoms with Gasteiger partial charge in [0.2, 0.25) is 0 Å².